The Morgan fingerprint density at radius 2 is 2.29 bits per heavy atom. The largest absolute Gasteiger partial charge is 0.384 e. The van der Waals surface area contributed by atoms with Crippen LogP contribution in [-0.4, -0.2) is 24.2 Å². The summed E-state index contributed by atoms with van der Waals surface area (Å²) >= 11 is 0. The molecule has 1 heterocycles. The zero-order valence-electron chi connectivity index (χ0n) is 9.86. The summed E-state index contributed by atoms with van der Waals surface area (Å²) in [5.41, 5.74) is 2.83. The lowest BCUT2D eigenvalue weighted by molar-refractivity contribution is -0.117. The Kier molecular flexibility index (Phi) is 3.46. The highest BCUT2D eigenvalue weighted by atomic mass is 16.2. The average molecular weight is 229 g/mol. The van der Waals surface area contributed by atoms with Gasteiger partial charge in [-0.05, 0) is 31.0 Å². The number of carbonyl (C=O) groups is 1. The van der Waals surface area contributed by atoms with E-state index in [1.807, 2.05) is 25.1 Å². The molecule has 0 spiro atoms. The fourth-order valence-electron chi connectivity index (χ4n) is 1.97. The number of amides is 1. The standard InChI is InChI=1S/C14H15NO2/c1-11-6-7-13(10-12(11)4-3-9-16)15-8-2-5-14(15)17/h6-7,10,16H,2,5,8-9H2,1H3. The van der Waals surface area contributed by atoms with E-state index in [9.17, 15) is 4.79 Å². The van der Waals surface area contributed by atoms with Crippen LogP contribution in [0.25, 0.3) is 0 Å². The molecule has 1 aliphatic rings. The SMILES string of the molecule is Cc1ccc(N2CCCC2=O)cc1C#CCO. The van der Waals surface area contributed by atoms with E-state index < -0.39 is 0 Å². The van der Waals surface area contributed by atoms with Gasteiger partial charge in [0.1, 0.15) is 6.61 Å². The second-order valence-corrected chi connectivity index (χ2v) is 4.11. The van der Waals surface area contributed by atoms with Gasteiger partial charge < -0.3 is 10.0 Å². The highest BCUT2D eigenvalue weighted by Gasteiger charge is 2.21. The van der Waals surface area contributed by atoms with E-state index in [-0.39, 0.29) is 12.5 Å². The number of aryl methyl sites for hydroxylation is 1. The van der Waals surface area contributed by atoms with Crippen molar-refractivity contribution in [2.75, 3.05) is 18.1 Å². The molecule has 1 aromatic carbocycles. The van der Waals surface area contributed by atoms with Gasteiger partial charge in [0.05, 0.1) is 0 Å². The van der Waals surface area contributed by atoms with Crippen LogP contribution >= 0.6 is 0 Å². The molecule has 1 fully saturated rings. The normalized spacial score (nSPS) is 14.7. The third-order valence-corrected chi connectivity index (χ3v) is 2.91. The first-order chi connectivity index (χ1) is 8.22. The second-order valence-electron chi connectivity index (χ2n) is 4.11. The molecular formula is C14H15NO2. The van der Waals surface area contributed by atoms with E-state index >= 15 is 0 Å². The Hall–Kier alpha value is -1.79. The summed E-state index contributed by atoms with van der Waals surface area (Å²) < 4.78 is 0. The summed E-state index contributed by atoms with van der Waals surface area (Å²) in [4.78, 5) is 13.4. The smallest absolute Gasteiger partial charge is 0.227 e. The lowest BCUT2D eigenvalue weighted by Gasteiger charge is -2.16. The predicted molar refractivity (Wildman–Crippen MR) is 66.7 cm³/mol. The fraction of sp³-hybridized carbons (Fsp3) is 0.357. The van der Waals surface area contributed by atoms with E-state index in [4.69, 9.17) is 5.11 Å². The summed E-state index contributed by atoms with van der Waals surface area (Å²) in [7, 11) is 0. The Bertz CT molecular complexity index is 497. The van der Waals surface area contributed by atoms with Gasteiger partial charge in [0.15, 0.2) is 0 Å². The van der Waals surface area contributed by atoms with Gasteiger partial charge in [-0.15, -0.1) is 0 Å². The molecule has 0 saturated carbocycles. The maximum atomic E-state index is 11.6. The van der Waals surface area contributed by atoms with Crippen LogP contribution in [0.4, 0.5) is 5.69 Å². The molecule has 0 bridgehead atoms. The van der Waals surface area contributed by atoms with Gasteiger partial charge in [0.2, 0.25) is 5.91 Å². The molecule has 1 aromatic rings. The fourth-order valence-corrected chi connectivity index (χ4v) is 1.97. The number of hydrogen-bond donors (Lipinski definition) is 1. The van der Waals surface area contributed by atoms with Gasteiger partial charge in [0.25, 0.3) is 0 Å². The summed E-state index contributed by atoms with van der Waals surface area (Å²) in [6.45, 7) is 2.61. The molecule has 1 aliphatic heterocycles. The number of anilines is 1. The topological polar surface area (TPSA) is 40.5 Å². The number of aliphatic hydroxyl groups is 1. The summed E-state index contributed by atoms with van der Waals surface area (Å²) in [6, 6.07) is 5.83. The first-order valence-corrected chi connectivity index (χ1v) is 5.73. The minimum absolute atomic E-state index is 0.147. The van der Waals surface area contributed by atoms with Crippen molar-refractivity contribution in [1.82, 2.24) is 0 Å². The zero-order chi connectivity index (χ0) is 12.3. The van der Waals surface area contributed by atoms with Crippen molar-refractivity contribution in [3.05, 3.63) is 29.3 Å². The van der Waals surface area contributed by atoms with E-state index in [0.29, 0.717) is 6.42 Å². The van der Waals surface area contributed by atoms with Crippen LogP contribution in [0.5, 0.6) is 0 Å². The molecule has 0 radical (unpaired) electrons. The highest BCUT2D eigenvalue weighted by molar-refractivity contribution is 5.95. The summed E-state index contributed by atoms with van der Waals surface area (Å²) in [5, 5.41) is 8.70. The minimum Gasteiger partial charge on any atom is -0.384 e. The molecule has 1 N–H and O–H groups in total. The van der Waals surface area contributed by atoms with Gasteiger partial charge in [-0.1, -0.05) is 17.9 Å². The molecule has 88 valence electrons. The monoisotopic (exact) mass is 229 g/mol. The Morgan fingerprint density at radius 3 is 2.94 bits per heavy atom. The molecule has 0 aromatic heterocycles. The first kappa shape index (κ1) is 11.7. The third kappa shape index (κ3) is 2.48. The van der Waals surface area contributed by atoms with Crippen LogP contribution < -0.4 is 4.90 Å². The van der Waals surface area contributed by atoms with Crippen molar-refractivity contribution < 1.29 is 9.90 Å². The Balaban J connectivity index is 2.33. The van der Waals surface area contributed by atoms with Crippen molar-refractivity contribution in [3.8, 4) is 11.8 Å². The van der Waals surface area contributed by atoms with Crippen molar-refractivity contribution >= 4 is 11.6 Å². The number of benzene rings is 1. The van der Waals surface area contributed by atoms with E-state index in [1.165, 1.54) is 0 Å². The lowest BCUT2D eigenvalue weighted by Crippen LogP contribution is -2.23. The van der Waals surface area contributed by atoms with Crippen LogP contribution in [0.15, 0.2) is 18.2 Å². The van der Waals surface area contributed by atoms with Gasteiger partial charge >= 0.3 is 0 Å². The summed E-state index contributed by atoms with van der Waals surface area (Å²) in [5.74, 6) is 5.72. The van der Waals surface area contributed by atoms with Crippen molar-refractivity contribution in [2.24, 2.45) is 0 Å². The number of rotatable bonds is 1. The highest BCUT2D eigenvalue weighted by Crippen LogP contribution is 2.23. The molecule has 1 amide bonds. The minimum atomic E-state index is -0.147. The first-order valence-electron chi connectivity index (χ1n) is 5.73. The van der Waals surface area contributed by atoms with Crippen molar-refractivity contribution in [1.29, 1.82) is 0 Å². The average Bonchev–Trinajstić information content (AvgIpc) is 2.75. The maximum absolute atomic E-state index is 11.6. The Morgan fingerprint density at radius 1 is 1.47 bits per heavy atom. The quantitative estimate of drug-likeness (QED) is 0.741. The van der Waals surface area contributed by atoms with Crippen LogP contribution in [0.1, 0.15) is 24.0 Å². The zero-order valence-corrected chi connectivity index (χ0v) is 9.86. The van der Waals surface area contributed by atoms with E-state index in [0.717, 1.165) is 29.8 Å². The third-order valence-electron chi connectivity index (χ3n) is 2.91. The van der Waals surface area contributed by atoms with Crippen LogP contribution in [0.2, 0.25) is 0 Å². The van der Waals surface area contributed by atoms with Crippen molar-refractivity contribution in [2.45, 2.75) is 19.8 Å². The molecule has 0 atom stereocenters. The molecule has 0 unspecified atom stereocenters. The maximum Gasteiger partial charge on any atom is 0.227 e. The van der Waals surface area contributed by atoms with Crippen molar-refractivity contribution in [3.63, 3.8) is 0 Å². The molecule has 1 saturated heterocycles. The van der Waals surface area contributed by atoms with E-state index in [2.05, 4.69) is 11.8 Å². The summed E-state index contributed by atoms with van der Waals surface area (Å²) in [6.07, 6.45) is 1.55. The van der Waals surface area contributed by atoms with Gasteiger partial charge in [0, 0.05) is 24.2 Å². The second kappa shape index (κ2) is 5.03. The Labute approximate surface area is 101 Å². The van der Waals surface area contributed by atoms with Crippen LogP contribution in [0, 0.1) is 18.8 Å². The van der Waals surface area contributed by atoms with Gasteiger partial charge in [-0.25, -0.2) is 0 Å². The number of aliphatic hydroxyl groups excluding tert-OH is 1. The number of nitrogens with zero attached hydrogens (tertiary/aromatic N) is 1. The van der Waals surface area contributed by atoms with Crippen LogP contribution in [-0.2, 0) is 4.79 Å². The predicted octanol–water partition coefficient (Wildman–Crippen LogP) is 1.47. The van der Waals surface area contributed by atoms with E-state index in [1.54, 1.807) is 4.90 Å². The number of carbonyl (C=O) groups excluding carboxylic acids is 1. The molecule has 17 heavy (non-hydrogen) atoms. The molecule has 2 rings (SSSR count). The molecule has 0 aliphatic carbocycles. The van der Waals surface area contributed by atoms with Gasteiger partial charge in [-0.3, -0.25) is 4.79 Å². The molecule has 3 heteroatoms. The lowest BCUT2D eigenvalue weighted by atomic mass is 10.1. The molecular weight excluding hydrogens is 214 g/mol. The molecule has 3 nitrogen and oxygen atoms in total. The van der Waals surface area contributed by atoms with Gasteiger partial charge in [-0.2, -0.15) is 0 Å². The number of hydrogen-bond acceptors (Lipinski definition) is 2. The van der Waals surface area contributed by atoms with Crippen LogP contribution in [0.3, 0.4) is 0 Å².